The molecule has 0 bridgehead atoms. The van der Waals surface area contributed by atoms with E-state index in [1.807, 2.05) is 0 Å². The van der Waals surface area contributed by atoms with Crippen LogP contribution in [0.25, 0.3) is 0 Å². The third-order valence-corrected chi connectivity index (χ3v) is 4.16. The Balaban J connectivity index is 2.19. The molecule has 0 aromatic carbocycles. The van der Waals surface area contributed by atoms with Crippen molar-refractivity contribution in [3.63, 3.8) is 0 Å². The van der Waals surface area contributed by atoms with Gasteiger partial charge in [-0.2, -0.15) is 0 Å². The highest BCUT2D eigenvalue weighted by Gasteiger charge is 2.08. The van der Waals surface area contributed by atoms with Crippen LogP contribution in [0, 0.1) is 0 Å². The zero-order valence-corrected chi connectivity index (χ0v) is 15.7. The molecule has 6 nitrogen and oxygen atoms in total. The number of hydrogen-bond donors (Lipinski definition) is 3. The van der Waals surface area contributed by atoms with Crippen LogP contribution in [0.3, 0.4) is 0 Å². The molecule has 0 spiro atoms. The summed E-state index contributed by atoms with van der Waals surface area (Å²) < 4.78 is 0. The average Bonchev–Trinajstić information content (AvgIpc) is 2.85. The number of nitrogens with zero attached hydrogens (tertiary/aromatic N) is 2. The van der Waals surface area contributed by atoms with Crippen LogP contribution in [0.1, 0.15) is 58.8 Å². The van der Waals surface area contributed by atoms with E-state index >= 15 is 0 Å². The molecule has 140 valence electrons. The number of likely N-dealkylation sites (tertiary alicyclic amines) is 1. The summed E-state index contributed by atoms with van der Waals surface area (Å²) in [5.74, 6) is 0.915. The minimum Gasteiger partial charge on any atom is -0.357 e. The lowest BCUT2D eigenvalue weighted by molar-refractivity contribution is -0.120. The van der Waals surface area contributed by atoms with Gasteiger partial charge in [0, 0.05) is 32.6 Å². The summed E-state index contributed by atoms with van der Waals surface area (Å²) in [4.78, 5) is 18.8. The van der Waals surface area contributed by atoms with Crippen LogP contribution in [0.15, 0.2) is 4.99 Å². The molecule has 1 saturated heterocycles. The monoisotopic (exact) mass is 339 g/mol. The molecular weight excluding hydrogens is 302 g/mol. The maximum atomic E-state index is 11.6. The number of nitrogens with one attached hydrogen (secondary N) is 3. The molecule has 0 radical (unpaired) electrons. The molecule has 0 unspecified atom stereocenters. The van der Waals surface area contributed by atoms with Crippen molar-refractivity contribution in [3.8, 4) is 0 Å². The summed E-state index contributed by atoms with van der Waals surface area (Å²) in [5, 5.41) is 9.37. The van der Waals surface area contributed by atoms with Gasteiger partial charge in [0.25, 0.3) is 0 Å². The zero-order valence-electron chi connectivity index (χ0n) is 15.7. The fraction of sp³-hybridized carbons (Fsp3) is 0.889. The molecule has 1 aliphatic heterocycles. The van der Waals surface area contributed by atoms with E-state index in [2.05, 4.69) is 39.7 Å². The van der Waals surface area contributed by atoms with Gasteiger partial charge >= 0.3 is 0 Å². The molecule has 0 aromatic heterocycles. The molecule has 1 aliphatic rings. The lowest BCUT2D eigenvalue weighted by Gasteiger charge is -2.19. The highest BCUT2D eigenvalue weighted by atomic mass is 16.1. The van der Waals surface area contributed by atoms with E-state index in [4.69, 9.17) is 0 Å². The molecule has 1 rings (SSSR count). The summed E-state index contributed by atoms with van der Waals surface area (Å²) >= 11 is 0. The van der Waals surface area contributed by atoms with Gasteiger partial charge in [0.05, 0.1) is 0 Å². The number of carbonyl (C=O) groups is 1. The standard InChI is InChI=1S/C18H37N5O/c1-3-11-20-17(24)10-13-22-18(19-4-2)21-12-9-16-23-14-7-5-6-8-15-23/h3-16H2,1-2H3,(H,20,24)(H2,19,21,22). The molecule has 0 saturated carbocycles. The van der Waals surface area contributed by atoms with Crippen molar-refractivity contribution in [1.29, 1.82) is 0 Å². The fourth-order valence-corrected chi connectivity index (χ4v) is 2.83. The van der Waals surface area contributed by atoms with Gasteiger partial charge in [-0.05, 0) is 52.2 Å². The first kappa shape index (κ1) is 20.7. The van der Waals surface area contributed by atoms with Crippen molar-refractivity contribution < 1.29 is 4.79 Å². The van der Waals surface area contributed by atoms with E-state index in [-0.39, 0.29) is 5.91 Å². The SMILES string of the molecule is CCCNC(=O)CCNC(=NCCCN1CCCCCC1)NCC. The summed E-state index contributed by atoms with van der Waals surface area (Å²) in [6.45, 7) is 10.8. The van der Waals surface area contributed by atoms with Crippen molar-refractivity contribution in [2.24, 2.45) is 4.99 Å². The Morgan fingerprint density at radius 3 is 2.42 bits per heavy atom. The smallest absolute Gasteiger partial charge is 0.221 e. The van der Waals surface area contributed by atoms with E-state index < -0.39 is 0 Å². The first-order chi connectivity index (χ1) is 11.8. The summed E-state index contributed by atoms with van der Waals surface area (Å²) in [5.41, 5.74) is 0. The summed E-state index contributed by atoms with van der Waals surface area (Å²) in [6, 6.07) is 0. The van der Waals surface area contributed by atoms with Gasteiger partial charge < -0.3 is 20.9 Å². The second-order valence-corrected chi connectivity index (χ2v) is 6.40. The number of amides is 1. The number of guanidine groups is 1. The Bertz CT molecular complexity index is 351. The molecule has 3 N–H and O–H groups in total. The van der Waals surface area contributed by atoms with Gasteiger partial charge in [0.2, 0.25) is 5.91 Å². The van der Waals surface area contributed by atoms with Crippen LogP contribution < -0.4 is 16.0 Å². The quantitative estimate of drug-likeness (QED) is 0.322. The third kappa shape index (κ3) is 10.5. The zero-order chi connectivity index (χ0) is 17.5. The van der Waals surface area contributed by atoms with Gasteiger partial charge in [-0.15, -0.1) is 0 Å². The molecule has 0 atom stereocenters. The fourth-order valence-electron chi connectivity index (χ4n) is 2.83. The normalized spacial score (nSPS) is 16.5. The Hall–Kier alpha value is -1.30. The van der Waals surface area contributed by atoms with Crippen LogP contribution in [0.4, 0.5) is 0 Å². The number of aliphatic imine (C=N–C) groups is 1. The Morgan fingerprint density at radius 1 is 1.00 bits per heavy atom. The van der Waals surface area contributed by atoms with E-state index in [1.54, 1.807) is 0 Å². The average molecular weight is 340 g/mol. The molecule has 1 fully saturated rings. The van der Waals surface area contributed by atoms with Crippen LogP contribution in [0.5, 0.6) is 0 Å². The minimum absolute atomic E-state index is 0.0985. The van der Waals surface area contributed by atoms with Crippen molar-refractivity contribution in [2.75, 3.05) is 45.8 Å². The Labute approximate surface area is 147 Å². The number of rotatable bonds is 10. The van der Waals surface area contributed by atoms with Gasteiger partial charge in [0.15, 0.2) is 5.96 Å². The largest absolute Gasteiger partial charge is 0.357 e. The van der Waals surface area contributed by atoms with Gasteiger partial charge in [-0.25, -0.2) is 0 Å². The van der Waals surface area contributed by atoms with E-state index in [1.165, 1.54) is 38.8 Å². The minimum atomic E-state index is 0.0985. The Morgan fingerprint density at radius 2 is 1.75 bits per heavy atom. The molecule has 1 heterocycles. The predicted molar refractivity (Wildman–Crippen MR) is 101 cm³/mol. The molecular formula is C18H37N5O. The first-order valence-corrected chi connectivity index (χ1v) is 9.77. The van der Waals surface area contributed by atoms with E-state index in [0.29, 0.717) is 13.0 Å². The lowest BCUT2D eigenvalue weighted by Crippen LogP contribution is -2.39. The maximum absolute atomic E-state index is 11.6. The van der Waals surface area contributed by atoms with E-state index in [9.17, 15) is 4.79 Å². The van der Waals surface area contributed by atoms with Gasteiger partial charge in [0.1, 0.15) is 0 Å². The highest BCUT2D eigenvalue weighted by Crippen LogP contribution is 2.09. The molecule has 0 aromatic rings. The van der Waals surface area contributed by atoms with Crippen LogP contribution in [-0.4, -0.2) is 62.6 Å². The second kappa shape index (κ2) is 14.1. The van der Waals surface area contributed by atoms with Crippen LogP contribution >= 0.6 is 0 Å². The lowest BCUT2D eigenvalue weighted by atomic mass is 10.2. The van der Waals surface area contributed by atoms with Gasteiger partial charge in [-0.3, -0.25) is 9.79 Å². The summed E-state index contributed by atoms with van der Waals surface area (Å²) in [6.07, 6.45) is 8.00. The Kier molecular flexibility index (Phi) is 12.2. The second-order valence-electron chi connectivity index (χ2n) is 6.40. The predicted octanol–water partition coefficient (Wildman–Crippen LogP) is 1.72. The topological polar surface area (TPSA) is 68.8 Å². The first-order valence-electron chi connectivity index (χ1n) is 9.77. The van der Waals surface area contributed by atoms with Crippen LogP contribution in [-0.2, 0) is 4.79 Å². The van der Waals surface area contributed by atoms with Crippen molar-refractivity contribution in [2.45, 2.75) is 58.8 Å². The van der Waals surface area contributed by atoms with E-state index in [0.717, 1.165) is 45.0 Å². The highest BCUT2D eigenvalue weighted by molar-refractivity contribution is 5.81. The summed E-state index contributed by atoms with van der Waals surface area (Å²) in [7, 11) is 0. The molecule has 1 amide bonds. The number of hydrogen-bond acceptors (Lipinski definition) is 3. The van der Waals surface area contributed by atoms with Crippen molar-refractivity contribution in [3.05, 3.63) is 0 Å². The molecule has 0 aliphatic carbocycles. The van der Waals surface area contributed by atoms with Crippen molar-refractivity contribution in [1.82, 2.24) is 20.9 Å². The number of carbonyl (C=O) groups excluding carboxylic acids is 1. The molecule has 24 heavy (non-hydrogen) atoms. The van der Waals surface area contributed by atoms with Crippen LogP contribution in [0.2, 0.25) is 0 Å². The van der Waals surface area contributed by atoms with Crippen molar-refractivity contribution >= 4 is 11.9 Å². The third-order valence-electron chi connectivity index (χ3n) is 4.16. The van der Waals surface area contributed by atoms with Gasteiger partial charge in [-0.1, -0.05) is 19.8 Å². The maximum Gasteiger partial charge on any atom is 0.221 e. The molecule has 6 heteroatoms.